The van der Waals surface area contributed by atoms with Crippen LogP contribution in [0.4, 0.5) is 0 Å². The number of carbonyl (C=O) groups excluding carboxylic acids is 1. The van der Waals surface area contributed by atoms with Gasteiger partial charge in [-0.1, -0.05) is 13.8 Å². The Morgan fingerprint density at radius 2 is 2.23 bits per heavy atom. The van der Waals surface area contributed by atoms with Crippen molar-refractivity contribution in [3.05, 3.63) is 24.0 Å². The predicted octanol–water partition coefficient (Wildman–Crippen LogP) is 1.93. The monoisotopic (exact) mass is 179 g/mol. The number of aromatic nitrogens is 1. The zero-order valence-corrected chi connectivity index (χ0v) is 8.07. The molecule has 0 N–H and O–H groups in total. The molecule has 3 nitrogen and oxygen atoms in total. The molecule has 0 aliphatic carbocycles. The molecule has 0 aromatic carbocycles. The highest BCUT2D eigenvalue weighted by Gasteiger charge is 2.11. The molecule has 0 aliphatic rings. The van der Waals surface area contributed by atoms with Gasteiger partial charge in [0, 0.05) is 18.2 Å². The van der Waals surface area contributed by atoms with Crippen LogP contribution in [0.5, 0.6) is 5.75 Å². The molecule has 1 aromatic heterocycles. The second-order valence-electron chi connectivity index (χ2n) is 3.10. The van der Waals surface area contributed by atoms with Crippen LogP contribution >= 0.6 is 0 Å². The molecule has 3 heteroatoms. The van der Waals surface area contributed by atoms with Crippen LogP contribution in [0.3, 0.4) is 0 Å². The van der Waals surface area contributed by atoms with Gasteiger partial charge in [-0.15, -0.1) is 0 Å². The second-order valence-corrected chi connectivity index (χ2v) is 3.10. The molecule has 0 radical (unpaired) electrons. The lowest BCUT2D eigenvalue weighted by Crippen LogP contribution is -2.09. The van der Waals surface area contributed by atoms with E-state index in [0.29, 0.717) is 11.4 Å². The van der Waals surface area contributed by atoms with Gasteiger partial charge in [0.25, 0.3) is 0 Å². The van der Waals surface area contributed by atoms with Crippen molar-refractivity contribution in [3.63, 3.8) is 0 Å². The maximum atomic E-state index is 11.5. The topological polar surface area (TPSA) is 39.2 Å². The summed E-state index contributed by atoms with van der Waals surface area (Å²) in [7, 11) is 1.57. The molecular formula is C10H13NO2. The number of rotatable bonds is 3. The number of methoxy groups -OCH3 is 1. The number of hydrogen-bond acceptors (Lipinski definition) is 3. The SMILES string of the molecule is COc1ccnc(C(=O)C(C)C)c1. The standard InChI is InChI=1S/C10H13NO2/c1-7(2)10(12)9-6-8(13-3)4-5-11-9/h4-7H,1-3H3. The maximum absolute atomic E-state index is 11.5. The number of carbonyl (C=O) groups is 1. The molecule has 0 amide bonds. The average Bonchev–Trinajstić information content (AvgIpc) is 2.16. The molecule has 0 aliphatic heterocycles. The van der Waals surface area contributed by atoms with Crippen molar-refractivity contribution in [2.45, 2.75) is 13.8 Å². The lowest BCUT2D eigenvalue weighted by molar-refractivity contribution is 0.0934. The van der Waals surface area contributed by atoms with Crippen molar-refractivity contribution < 1.29 is 9.53 Å². The highest BCUT2D eigenvalue weighted by Crippen LogP contribution is 2.12. The highest BCUT2D eigenvalue weighted by atomic mass is 16.5. The third-order valence-corrected chi connectivity index (χ3v) is 1.74. The first kappa shape index (κ1) is 9.71. The fourth-order valence-electron chi connectivity index (χ4n) is 0.969. The van der Waals surface area contributed by atoms with Gasteiger partial charge in [-0.05, 0) is 6.07 Å². The molecule has 13 heavy (non-hydrogen) atoms. The Bertz CT molecular complexity index is 308. The first-order chi connectivity index (χ1) is 6.15. The van der Waals surface area contributed by atoms with E-state index >= 15 is 0 Å². The van der Waals surface area contributed by atoms with Crippen molar-refractivity contribution in [2.75, 3.05) is 7.11 Å². The maximum Gasteiger partial charge on any atom is 0.183 e. The molecule has 70 valence electrons. The zero-order valence-electron chi connectivity index (χ0n) is 8.07. The van der Waals surface area contributed by atoms with Crippen molar-refractivity contribution in [1.82, 2.24) is 4.98 Å². The Balaban J connectivity index is 2.95. The highest BCUT2D eigenvalue weighted by molar-refractivity contribution is 5.95. The lowest BCUT2D eigenvalue weighted by Gasteiger charge is -2.04. The van der Waals surface area contributed by atoms with Crippen molar-refractivity contribution in [1.29, 1.82) is 0 Å². The molecule has 1 aromatic rings. The van der Waals surface area contributed by atoms with Crippen LogP contribution in [-0.2, 0) is 0 Å². The molecule has 1 rings (SSSR count). The molecule has 1 heterocycles. The summed E-state index contributed by atoms with van der Waals surface area (Å²) in [6.45, 7) is 3.70. The molecule has 0 bridgehead atoms. The van der Waals surface area contributed by atoms with Gasteiger partial charge < -0.3 is 4.74 Å². The molecule has 0 spiro atoms. The van der Waals surface area contributed by atoms with Crippen molar-refractivity contribution >= 4 is 5.78 Å². The summed E-state index contributed by atoms with van der Waals surface area (Å²) in [5.74, 6) is 0.678. The summed E-state index contributed by atoms with van der Waals surface area (Å²) in [6, 6.07) is 3.37. The smallest absolute Gasteiger partial charge is 0.183 e. The minimum Gasteiger partial charge on any atom is -0.497 e. The van der Waals surface area contributed by atoms with E-state index in [1.54, 1.807) is 25.4 Å². The molecular weight excluding hydrogens is 166 g/mol. The van der Waals surface area contributed by atoms with E-state index in [2.05, 4.69) is 4.98 Å². The number of hydrogen-bond donors (Lipinski definition) is 0. The average molecular weight is 179 g/mol. The van der Waals surface area contributed by atoms with Gasteiger partial charge in [0.15, 0.2) is 5.78 Å². The van der Waals surface area contributed by atoms with Crippen LogP contribution in [-0.4, -0.2) is 17.9 Å². The predicted molar refractivity (Wildman–Crippen MR) is 50.0 cm³/mol. The number of Topliss-reactive ketones (excluding diaryl/α,β-unsaturated/α-hetero) is 1. The number of pyridine rings is 1. The minimum absolute atomic E-state index is 0.0281. The quantitative estimate of drug-likeness (QED) is 0.665. The Morgan fingerprint density at radius 3 is 2.77 bits per heavy atom. The van der Waals surface area contributed by atoms with Gasteiger partial charge in [-0.3, -0.25) is 9.78 Å². The Morgan fingerprint density at radius 1 is 1.54 bits per heavy atom. The largest absolute Gasteiger partial charge is 0.497 e. The van der Waals surface area contributed by atoms with Gasteiger partial charge in [0.1, 0.15) is 11.4 Å². The minimum atomic E-state index is -0.0281. The van der Waals surface area contributed by atoms with Crippen molar-refractivity contribution in [2.24, 2.45) is 5.92 Å². The summed E-state index contributed by atoms with van der Waals surface area (Å²) in [6.07, 6.45) is 1.58. The third-order valence-electron chi connectivity index (χ3n) is 1.74. The van der Waals surface area contributed by atoms with Gasteiger partial charge in [-0.25, -0.2) is 0 Å². The van der Waals surface area contributed by atoms with Gasteiger partial charge in [-0.2, -0.15) is 0 Å². The fourth-order valence-corrected chi connectivity index (χ4v) is 0.969. The number of nitrogens with zero attached hydrogens (tertiary/aromatic N) is 1. The second kappa shape index (κ2) is 4.03. The molecule has 0 fully saturated rings. The van der Waals surface area contributed by atoms with E-state index in [-0.39, 0.29) is 11.7 Å². The van der Waals surface area contributed by atoms with Gasteiger partial charge >= 0.3 is 0 Å². The van der Waals surface area contributed by atoms with E-state index in [1.165, 1.54) is 0 Å². The first-order valence-electron chi connectivity index (χ1n) is 4.19. The lowest BCUT2D eigenvalue weighted by atomic mass is 10.1. The third kappa shape index (κ3) is 2.28. The van der Waals surface area contributed by atoms with Gasteiger partial charge in [0.2, 0.25) is 0 Å². The van der Waals surface area contributed by atoms with Crippen LogP contribution in [0.1, 0.15) is 24.3 Å². The van der Waals surface area contributed by atoms with Crippen LogP contribution in [0.15, 0.2) is 18.3 Å². The molecule has 0 unspecified atom stereocenters. The van der Waals surface area contributed by atoms with E-state index in [4.69, 9.17) is 4.74 Å². The molecule has 0 saturated heterocycles. The normalized spacial score (nSPS) is 10.2. The molecule has 0 atom stereocenters. The van der Waals surface area contributed by atoms with Crippen LogP contribution in [0.25, 0.3) is 0 Å². The summed E-state index contributed by atoms with van der Waals surface area (Å²) in [5, 5.41) is 0. The summed E-state index contributed by atoms with van der Waals surface area (Å²) < 4.78 is 4.99. The fraction of sp³-hybridized carbons (Fsp3) is 0.400. The zero-order chi connectivity index (χ0) is 9.84. The first-order valence-corrected chi connectivity index (χ1v) is 4.19. The van der Waals surface area contributed by atoms with Crippen LogP contribution < -0.4 is 4.74 Å². The van der Waals surface area contributed by atoms with E-state index in [0.717, 1.165) is 0 Å². The summed E-state index contributed by atoms with van der Waals surface area (Å²) >= 11 is 0. The van der Waals surface area contributed by atoms with Crippen LogP contribution in [0, 0.1) is 5.92 Å². The summed E-state index contributed by atoms with van der Waals surface area (Å²) in [4.78, 5) is 15.5. The van der Waals surface area contributed by atoms with Gasteiger partial charge in [0.05, 0.1) is 7.11 Å². The Labute approximate surface area is 77.8 Å². The van der Waals surface area contributed by atoms with E-state index in [1.807, 2.05) is 13.8 Å². The van der Waals surface area contributed by atoms with E-state index in [9.17, 15) is 4.79 Å². The van der Waals surface area contributed by atoms with Crippen molar-refractivity contribution in [3.8, 4) is 5.75 Å². The Kier molecular flexibility index (Phi) is 3.01. The number of ketones is 1. The van der Waals surface area contributed by atoms with Crippen LogP contribution in [0.2, 0.25) is 0 Å². The number of ether oxygens (including phenoxy) is 1. The Hall–Kier alpha value is -1.38. The molecule has 0 saturated carbocycles. The summed E-state index contributed by atoms with van der Waals surface area (Å²) in [5.41, 5.74) is 0.467. The van der Waals surface area contributed by atoms with E-state index < -0.39 is 0 Å².